The zero-order valence-corrected chi connectivity index (χ0v) is 77.5. The molecule has 0 aliphatic carbocycles. The van der Waals surface area contributed by atoms with Crippen LogP contribution in [-0.2, 0) is 119 Å². The average molecular weight is 1870 g/mol. The molecule has 39 nitrogen and oxygen atoms in total. The number of primary amides is 2. The van der Waals surface area contributed by atoms with Gasteiger partial charge in [0.05, 0.1) is 69.4 Å². The number of ketones is 4. The highest BCUT2D eigenvalue weighted by molar-refractivity contribution is 8.00. The van der Waals surface area contributed by atoms with Gasteiger partial charge in [-0.1, -0.05) is 111 Å². The SMILES string of the molecule is CC(C)C[C@@H]1CC(=O)[C@H](Cc2cnc[nH]2)CC(=O)[C@@H]2CCCN2C(=O)[C@H](CC(N)=O)NC(=O)[C@H](C)N(C)C(=O)[C@H](Cc2ccccc2)NC(=O)CSC[C@@H](C(=O)NCC(N)=O)NC(=O)[C@H](CCCNC(=N)N)CC(=O)[C@H](COCc2ccccc2)N(C)C(=O)[C@H](C)N(C)C(=O)[C@H](Cc2c[nH]c3ccccc23)NC(=O)[C@H](CO)CC(=O)[C@H](Cc2c[nH]c3ccccc23)NC(=O)CN(C)C1=O. The number of H-pyrrole nitrogens is 3. The van der Waals surface area contributed by atoms with Crippen LogP contribution in [0.2, 0.25) is 0 Å². The number of hydrogen-bond donors (Lipinski definition) is 15. The summed E-state index contributed by atoms with van der Waals surface area (Å²) in [6.45, 7) is 3.41. The maximum atomic E-state index is 15.5. The number of aliphatic hydroxyl groups excluding tert-OH is 1. The number of benzene rings is 4. The quantitative estimate of drug-likeness (QED) is 0.0229. The second kappa shape index (κ2) is 50.4. The van der Waals surface area contributed by atoms with Crippen LogP contribution < -0.4 is 54.4 Å². The number of para-hydroxylation sites is 2. The molecule has 0 spiro atoms. The van der Waals surface area contributed by atoms with Crippen molar-refractivity contribution in [1.29, 1.82) is 5.41 Å². The minimum atomic E-state index is -1.70. The van der Waals surface area contributed by atoms with Crippen molar-refractivity contribution >= 4 is 139 Å². The smallest absolute Gasteiger partial charge is 0.246 e. The molecule has 720 valence electrons. The van der Waals surface area contributed by atoms with Crippen LogP contribution in [-0.4, -0.2) is 289 Å². The summed E-state index contributed by atoms with van der Waals surface area (Å²) in [5.74, 6) is -20.8. The highest BCUT2D eigenvalue weighted by atomic mass is 32.2. The molecular formula is C94H124N20O19S. The minimum absolute atomic E-state index is 0.00919. The molecule has 13 amide bonds. The summed E-state index contributed by atoms with van der Waals surface area (Å²) in [7, 11) is 5.21. The number of imidazole rings is 1. The first-order valence-electron chi connectivity index (χ1n) is 44.7. The Hall–Kier alpha value is -13.5. The first kappa shape index (κ1) is 104. The summed E-state index contributed by atoms with van der Waals surface area (Å²) in [6.07, 6.45) is 2.83. The summed E-state index contributed by atoms with van der Waals surface area (Å²) in [5, 5.41) is 38.9. The van der Waals surface area contributed by atoms with Gasteiger partial charge in [0.2, 0.25) is 76.8 Å². The number of Topliss-reactive ketones (excluding diaryl/α,β-unsaturated/α-hetero) is 4. The fourth-order valence-corrected chi connectivity index (χ4v) is 17.5. The summed E-state index contributed by atoms with van der Waals surface area (Å²) in [5.41, 5.74) is 20.9. The summed E-state index contributed by atoms with van der Waals surface area (Å²) in [4.78, 5) is 268. The van der Waals surface area contributed by atoms with Gasteiger partial charge in [-0.2, -0.15) is 0 Å². The molecule has 0 unspecified atom stereocenters. The fraction of sp³-hybridized carbons (Fsp3) is 0.479. The Balaban J connectivity index is 1.08. The fourth-order valence-electron chi connectivity index (χ4n) is 16.6. The molecule has 40 heteroatoms. The maximum absolute atomic E-state index is 15.5. The van der Waals surface area contributed by atoms with Crippen LogP contribution in [0.3, 0.4) is 0 Å². The van der Waals surface area contributed by atoms with E-state index in [1.807, 2.05) is 13.8 Å². The van der Waals surface area contributed by atoms with Gasteiger partial charge in [-0.15, -0.1) is 11.8 Å². The highest BCUT2D eigenvalue weighted by Crippen LogP contribution is 2.30. The lowest BCUT2D eigenvalue weighted by Crippen LogP contribution is -2.58. The molecule has 134 heavy (non-hydrogen) atoms. The number of aromatic nitrogens is 4. The predicted molar refractivity (Wildman–Crippen MR) is 497 cm³/mol. The standard InChI is InChI=1S/C94H124N20O19S/c1-54(2)33-61-40-77(116)60(35-65-45-99-53-104-65)39-79(118)75-30-20-32-114(75)93(132)73(42-81(95)120)107-85(124)55(3)111(6)91(130)71(34-57-21-11-9-12-22-57)106-84(123)52-134-51-74(88(127)103-46-82(96)121)109-86(125)59(25-19-31-100-94(97)98)38-80(119)76(50-133-49-58-23-13-10-14-24-58)113(8)89(128)56(4)112(7)92(131)72(37-63-44-102-69-29-18-16-27-67(63)69)108-87(126)64(48-115)41-78(117)70(105-83(122)47-110(5)90(61)129)36-62-43-101-68-28-17-15-26-66(62)68/h9-18,21-24,26-29,43-45,53-56,59-61,64,70-76,101-102,115H,19-20,25,30-42,46-52H2,1-8H3,(H2,95,120)(H2,96,121)(H,99,104)(H,103,127)(H,105,122)(H,106,123)(H,107,124)(H,108,126)(H,109,125)(H4,97,98,100)/t55-,56-,59+,60+,61+,64-,70-,71-,72-,73-,74-,75-,76-/m0/s1. The van der Waals surface area contributed by atoms with Gasteiger partial charge in [0, 0.05) is 156 Å². The number of aliphatic hydroxyl groups is 1. The normalized spacial score (nSPS) is 23.5. The number of fused-ring (bicyclic) bond motifs is 3. The lowest BCUT2D eigenvalue weighted by molar-refractivity contribution is -0.149. The van der Waals surface area contributed by atoms with Crippen LogP contribution in [0, 0.1) is 35.0 Å². The molecule has 7 aromatic rings. The molecular weight excluding hydrogens is 1750 g/mol. The largest absolute Gasteiger partial charge is 0.396 e. The lowest BCUT2D eigenvalue weighted by Gasteiger charge is -2.34. The Labute approximate surface area is 780 Å². The first-order chi connectivity index (χ1) is 63.9. The number of likely N-dealkylation sites (N-methyl/N-ethyl adjacent to an activating group) is 4. The van der Waals surface area contributed by atoms with Gasteiger partial charge in [-0.3, -0.25) is 86.9 Å². The molecule has 2 saturated heterocycles. The zero-order valence-electron chi connectivity index (χ0n) is 76.7. The molecule has 0 bridgehead atoms. The average Bonchev–Trinajstić information content (AvgIpc) is 1.48. The van der Waals surface area contributed by atoms with Crippen LogP contribution in [0.15, 0.2) is 134 Å². The van der Waals surface area contributed by atoms with Gasteiger partial charge in [-0.25, -0.2) is 4.98 Å². The number of amides is 13. The van der Waals surface area contributed by atoms with Crippen LogP contribution >= 0.6 is 11.8 Å². The Morgan fingerprint density at radius 2 is 1.13 bits per heavy atom. The van der Waals surface area contributed by atoms with Crippen molar-refractivity contribution in [3.8, 4) is 0 Å². The van der Waals surface area contributed by atoms with Crippen molar-refractivity contribution in [3.63, 3.8) is 0 Å². The third-order valence-corrected chi connectivity index (χ3v) is 25.3. The Kier molecular flexibility index (Phi) is 39.2. The number of carbonyl (C=O) groups excluding carboxylic acids is 17. The van der Waals surface area contributed by atoms with Crippen LogP contribution in [0.5, 0.6) is 0 Å². The van der Waals surface area contributed by atoms with Gasteiger partial charge < -0.3 is 104 Å². The van der Waals surface area contributed by atoms with Gasteiger partial charge in [0.15, 0.2) is 23.3 Å². The number of guanidine groups is 1. The van der Waals surface area contributed by atoms with Gasteiger partial charge in [0.1, 0.15) is 48.1 Å². The highest BCUT2D eigenvalue weighted by Gasteiger charge is 2.44. The van der Waals surface area contributed by atoms with Crippen LogP contribution in [0.4, 0.5) is 0 Å². The predicted octanol–water partition coefficient (Wildman–Crippen LogP) is 1.08. The van der Waals surface area contributed by atoms with Crippen LogP contribution in [0.25, 0.3) is 21.8 Å². The topological polar surface area (TPSA) is 582 Å². The van der Waals surface area contributed by atoms with Crippen LogP contribution in [0.1, 0.15) is 120 Å². The zero-order chi connectivity index (χ0) is 97.6. The minimum Gasteiger partial charge on any atom is -0.396 e. The van der Waals surface area contributed by atoms with Crippen molar-refractivity contribution in [2.45, 2.75) is 179 Å². The second-order valence-electron chi connectivity index (χ2n) is 34.8. The molecule has 13 atom stereocenters. The third-order valence-electron chi connectivity index (χ3n) is 24.3. The van der Waals surface area contributed by atoms with Crippen molar-refractivity contribution < 1.29 is 91.4 Å². The summed E-state index contributed by atoms with van der Waals surface area (Å²) >= 11 is 0.801. The summed E-state index contributed by atoms with van der Waals surface area (Å²) in [6, 6.07) is 18.2. The Bertz CT molecular complexity index is 5320. The van der Waals surface area contributed by atoms with E-state index in [-0.39, 0.29) is 83.4 Å². The first-order valence-corrected chi connectivity index (χ1v) is 45.8. The number of nitrogens with two attached hydrogens (primary N) is 3. The lowest BCUT2D eigenvalue weighted by atomic mass is 9.83. The number of rotatable bonds is 24. The van der Waals surface area contributed by atoms with E-state index in [1.54, 1.807) is 122 Å². The van der Waals surface area contributed by atoms with Crippen molar-refractivity contribution in [1.82, 2.24) is 81.7 Å². The van der Waals surface area contributed by atoms with Crippen molar-refractivity contribution in [2.24, 2.45) is 46.8 Å². The number of ether oxygens (including phenoxy) is 1. The maximum Gasteiger partial charge on any atom is 0.246 e. The molecule has 3 aromatic heterocycles. The Morgan fingerprint density at radius 3 is 1.74 bits per heavy atom. The van der Waals surface area contributed by atoms with E-state index in [0.29, 0.717) is 49.8 Å². The van der Waals surface area contributed by atoms with Gasteiger partial charge in [0.25, 0.3) is 0 Å². The number of thioether (sulfide) groups is 1. The number of hydrogen-bond acceptors (Lipinski definition) is 22. The molecule has 2 fully saturated rings. The van der Waals surface area contributed by atoms with E-state index >= 15 is 33.6 Å². The number of aromatic amines is 3. The van der Waals surface area contributed by atoms with E-state index in [0.717, 1.165) is 31.4 Å². The number of nitrogens with one attached hydrogen (secondary N) is 11. The number of carbonyl (C=O) groups is 17. The summed E-state index contributed by atoms with van der Waals surface area (Å²) < 4.78 is 6.19. The molecule has 0 radical (unpaired) electrons. The van der Waals surface area contributed by atoms with E-state index in [2.05, 4.69) is 57.2 Å². The molecule has 0 saturated carbocycles. The van der Waals surface area contributed by atoms with E-state index < -0.39 is 254 Å². The number of nitrogens with zero attached hydrogens (tertiary/aromatic N) is 6. The molecule has 18 N–H and O–H groups in total. The second-order valence-corrected chi connectivity index (χ2v) is 35.8. The molecule has 2 aliphatic heterocycles. The van der Waals surface area contributed by atoms with E-state index in [1.165, 1.54) is 59.5 Å². The van der Waals surface area contributed by atoms with Gasteiger partial charge in [-0.05, 0) is 92.7 Å². The van der Waals surface area contributed by atoms with Crippen molar-refractivity contribution in [2.75, 3.05) is 79.1 Å². The molecule has 5 heterocycles. The monoisotopic (exact) mass is 1870 g/mol. The van der Waals surface area contributed by atoms with E-state index in [9.17, 15) is 53.1 Å². The van der Waals surface area contributed by atoms with E-state index in [4.69, 9.17) is 27.3 Å². The Morgan fingerprint density at radius 1 is 0.567 bits per heavy atom. The van der Waals surface area contributed by atoms with Crippen molar-refractivity contribution in [3.05, 3.63) is 162 Å². The third kappa shape index (κ3) is 30.0. The molecule has 4 aromatic carbocycles. The molecule has 2 aliphatic rings. The van der Waals surface area contributed by atoms with Gasteiger partial charge >= 0.3 is 0 Å². The molecule has 9 rings (SSSR count).